The van der Waals surface area contributed by atoms with Crippen molar-refractivity contribution in [3.05, 3.63) is 54.1 Å². The Kier molecular flexibility index (Phi) is 4.99. The van der Waals surface area contributed by atoms with E-state index in [0.717, 1.165) is 16.7 Å². The van der Waals surface area contributed by atoms with Crippen LogP contribution in [0.15, 0.2) is 48.5 Å². The number of rotatable bonds is 5. The van der Waals surface area contributed by atoms with Gasteiger partial charge in [0, 0.05) is 6.42 Å². The first kappa shape index (κ1) is 15.1. The van der Waals surface area contributed by atoms with Gasteiger partial charge in [0.2, 0.25) is 0 Å². The molecule has 1 N–H and O–H groups in total. The third kappa shape index (κ3) is 3.85. The first-order valence-electron chi connectivity index (χ1n) is 7.07. The molecule has 0 saturated carbocycles. The molecule has 3 nitrogen and oxygen atoms in total. The minimum atomic E-state index is -0.205. The van der Waals surface area contributed by atoms with Crippen molar-refractivity contribution in [1.29, 1.82) is 0 Å². The number of carbonyl (C=O) groups excluding carboxylic acids is 1. The summed E-state index contributed by atoms with van der Waals surface area (Å²) in [6.07, 6.45) is 1.07. The third-order valence-corrected chi connectivity index (χ3v) is 3.66. The largest absolute Gasteiger partial charge is 0.508 e. The second kappa shape index (κ2) is 6.93. The number of benzene rings is 2. The van der Waals surface area contributed by atoms with Crippen molar-refractivity contribution in [2.75, 3.05) is 7.11 Å². The maximum Gasteiger partial charge on any atom is 0.305 e. The molecule has 0 aliphatic carbocycles. The molecule has 0 fully saturated rings. The number of esters is 1. The van der Waals surface area contributed by atoms with E-state index in [1.54, 1.807) is 12.1 Å². The molecule has 2 rings (SSSR count). The molecule has 110 valence electrons. The molecule has 0 radical (unpaired) electrons. The molecule has 0 amide bonds. The lowest BCUT2D eigenvalue weighted by atomic mass is 9.89. The van der Waals surface area contributed by atoms with Crippen molar-refractivity contribution in [3.63, 3.8) is 0 Å². The Morgan fingerprint density at radius 1 is 1.19 bits per heavy atom. The van der Waals surface area contributed by atoms with E-state index >= 15 is 0 Å². The molecule has 1 atom stereocenters. The highest BCUT2D eigenvalue weighted by Crippen LogP contribution is 2.34. The van der Waals surface area contributed by atoms with E-state index < -0.39 is 0 Å². The number of phenolic OH excluding ortho intramolecular Hbond substituents is 1. The fourth-order valence-electron chi connectivity index (χ4n) is 2.43. The lowest BCUT2D eigenvalue weighted by molar-refractivity contribution is -0.140. The van der Waals surface area contributed by atoms with Crippen LogP contribution in [0.5, 0.6) is 5.75 Å². The number of ether oxygens (including phenoxy) is 1. The fourth-order valence-corrected chi connectivity index (χ4v) is 2.43. The molecule has 0 spiro atoms. The Morgan fingerprint density at radius 2 is 1.90 bits per heavy atom. The van der Waals surface area contributed by atoms with E-state index in [2.05, 4.69) is 11.7 Å². The van der Waals surface area contributed by atoms with Gasteiger partial charge in [-0.1, -0.05) is 43.3 Å². The summed E-state index contributed by atoms with van der Waals surface area (Å²) in [7, 11) is 1.40. The van der Waals surface area contributed by atoms with Crippen molar-refractivity contribution in [2.24, 2.45) is 0 Å². The summed E-state index contributed by atoms with van der Waals surface area (Å²) in [5.74, 6) is 0.198. The second-order valence-corrected chi connectivity index (χ2v) is 5.15. The summed E-state index contributed by atoms with van der Waals surface area (Å²) < 4.78 is 4.69. The van der Waals surface area contributed by atoms with Crippen LogP contribution in [-0.2, 0) is 9.53 Å². The number of hydrogen-bond donors (Lipinski definition) is 1. The van der Waals surface area contributed by atoms with Gasteiger partial charge < -0.3 is 9.84 Å². The Hall–Kier alpha value is -2.29. The van der Waals surface area contributed by atoms with Crippen molar-refractivity contribution >= 4 is 5.97 Å². The van der Waals surface area contributed by atoms with Crippen LogP contribution in [0.25, 0.3) is 11.1 Å². The van der Waals surface area contributed by atoms with E-state index in [-0.39, 0.29) is 17.6 Å². The van der Waals surface area contributed by atoms with E-state index in [1.165, 1.54) is 7.11 Å². The average molecular weight is 284 g/mol. The highest BCUT2D eigenvalue weighted by Gasteiger charge is 2.14. The van der Waals surface area contributed by atoms with Crippen LogP contribution in [-0.4, -0.2) is 18.2 Å². The van der Waals surface area contributed by atoms with E-state index in [1.807, 2.05) is 36.4 Å². The van der Waals surface area contributed by atoms with Gasteiger partial charge in [0.15, 0.2) is 0 Å². The minimum absolute atomic E-state index is 0.159. The van der Waals surface area contributed by atoms with Crippen LogP contribution < -0.4 is 0 Å². The summed E-state index contributed by atoms with van der Waals surface area (Å²) >= 11 is 0. The predicted molar refractivity (Wildman–Crippen MR) is 83.2 cm³/mol. The summed E-state index contributed by atoms with van der Waals surface area (Å²) in [4.78, 5) is 11.3. The third-order valence-electron chi connectivity index (χ3n) is 3.66. The maximum absolute atomic E-state index is 11.3. The molecule has 0 saturated heterocycles. The van der Waals surface area contributed by atoms with E-state index in [9.17, 15) is 9.90 Å². The van der Waals surface area contributed by atoms with Crippen LogP contribution in [0, 0.1) is 0 Å². The minimum Gasteiger partial charge on any atom is -0.508 e. The molecule has 21 heavy (non-hydrogen) atoms. The lowest BCUT2D eigenvalue weighted by Gasteiger charge is -2.17. The highest BCUT2D eigenvalue weighted by atomic mass is 16.5. The Labute approximate surface area is 125 Å². The van der Waals surface area contributed by atoms with Gasteiger partial charge in [0.25, 0.3) is 0 Å². The molecule has 2 aromatic carbocycles. The number of aromatic hydroxyl groups is 1. The zero-order chi connectivity index (χ0) is 15.2. The summed E-state index contributed by atoms with van der Waals surface area (Å²) in [5, 5.41) is 9.77. The molecule has 0 aliphatic rings. The first-order valence-corrected chi connectivity index (χ1v) is 7.07. The number of carbonyl (C=O) groups is 1. The Bertz CT molecular complexity index is 605. The van der Waals surface area contributed by atoms with Crippen LogP contribution in [0.2, 0.25) is 0 Å². The summed E-state index contributed by atoms with van der Waals surface area (Å²) in [6.45, 7) is 2.06. The molecule has 1 unspecified atom stereocenters. The molecule has 0 bridgehead atoms. The monoisotopic (exact) mass is 284 g/mol. The van der Waals surface area contributed by atoms with Crippen LogP contribution >= 0.6 is 0 Å². The van der Waals surface area contributed by atoms with Gasteiger partial charge in [0.05, 0.1) is 7.11 Å². The standard InChI is InChI=1S/C18H20O3/c1-13(8-11-18(20)21-2)17-12-15(19)9-10-16(17)14-6-4-3-5-7-14/h3-7,9-10,12-13,19H,8,11H2,1-2H3. The Balaban J connectivity index is 2.29. The quantitative estimate of drug-likeness (QED) is 0.840. The predicted octanol–water partition coefficient (Wildman–Crippen LogP) is 4.12. The molecule has 0 aromatic heterocycles. The molecule has 2 aromatic rings. The molecule has 0 heterocycles. The number of hydrogen-bond acceptors (Lipinski definition) is 3. The number of phenols is 1. The molecule has 0 aliphatic heterocycles. The van der Waals surface area contributed by atoms with Gasteiger partial charge in [-0.15, -0.1) is 0 Å². The van der Waals surface area contributed by atoms with E-state index in [0.29, 0.717) is 12.8 Å². The number of methoxy groups -OCH3 is 1. The van der Waals surface area contributed by atoms with Gasteiger partial charge in [0.1, 0.15) is 5.75 Å². The van der Waals surface area contributed by atoms with Gasteiger partial charge in [-0.2, -0.15) is 0 Å². The topological polar surface area (TPSA) is 46.5 Å². The summed E-state index contributed by atoms with van der Waals surface area (Å²) in [6, 6.07) is 15.4. The van der Waals surface area contributed by atoms with Crippen LogP contribution in [0.1, 0.15) is 31.2 Å². The van der Waals surface area contributed by atoms with Crippen molar-refractivity contribution < 1.29 is 14.6 Å². The molecular weight excluding hydrogens is 264 g/mol. The highest BCUT2D eigenvalue weighted by molar-refractivity contribution is 5.70. The zero-order valence-corrected chi connectivity index (χ0v) is 12.4. The van der Waals surface area contributed by atoms with Gasteiger partial charge >= 0.3 is 5.97 Å². The van der Waals surface area contributed by atoms with Crippen LogP contribution in [0.3, 0.4) is 0 Å². The first-order chi connectivity index (χ1) is 10.1. The van der Waals surface area contributed by atoms with Gasteiger partial charge in [-0.05, 0) is 41.2 Å². The van der Waals surface area contributed by atoms with E-state index in [4.69, 9.17) is 0 Å². The van der Waals surface area contributed by atoms with Crippen molar-refractivity contribution in [2.45, 2.75) is 25.7 Å². The van der Waals surface area contributed by atoms with Crippen molar-refractivity contribution in [1.82, 2.24) is 0 Å². The summed E-state index contributed by atoms with van der Waals surface area (Å²) in [5.41, 5.74) is 3.24. The molecular formula is C18H20O3. The zero-order valence-electron chi connectivity index (χ0n) is 12.4. The average Bonchev–Trinajstić information content (AvgIpc) is 2.53. The smallest absolute Gasteiger partial charge is 0.305 e. The van der Waals surface area contributed by atoms with Crippen molar-refractivity contribution in [3.8, 4) is 16.9 Å². The normalized spacial score (nSPS) is 11.9. The fraction of sp³-hybridized carbons (Fsp3) is 0.278. The molecule has 3 heteroatoms. The SMILES string of the molecule is COC(=O)CCC(C)c1cc(O)ccc1-c1ccccc1. The van der Waals surface area contributed by atoms with Crippen LogP contribution in [0.4, 0.5) is 0 Å². The van der Waals surface area contributed by atoms with Gasteiger partial charge in [-0.3, -0.25) is 4.79 Å². The maximum atomic E-state index is 11.3. The van der Waals surface area contributed by atoms with Gasteiger partial charge in [-0.25, -0.2) is 0 Å². The second-order valence-electron chi connectivity index (χ2n) is 5.15. The lowest BCUT2D eigenvalue weighted by Crippen LogP contribution is -2.04. The Morgan fingerprint density at radius 3 is 2.57 bits per heavy atom.